The molecule has 1 heterocycles. The molecule has 6 nitrogen and oxygen atoms in total. The third-order valence-corrected chi connectivity index (χ3v) is 4.29. The van der Waals surface area contributed by atoms with Crippen LogP contribution in [0.3, 0.4) is 0 Å². The van der Waals surface area contributed by atoms with Crippen LogP contribution in [0.1, 0.15) is 32.3 Å². The molecule has 0 bridgehead atoms. The minimum Gasteiger partial charge on any atom is -0.383 e. The average Bonchev–Trinajstić information content (AvgIpc) is 2.99. The summed E-state index contributed by atoms with van der Waals surface area (Å²) in [5, 5.41) is 0. The number of benzene rings is 1. The van der Waals surface area contributed by atoms with Crippen molar-refractivity contribution in [2.75, 3.05) is 19.4 Å². The van der Waals surface area contributed by atoms with Crippen LogP contribution in [0.25, 0.3) is 0 Å². The Kier molecular flexibility index (Phi) is 6.23. The van der Waals surface area contributed by atoms with E-state index >= 15 is 0 Å². The van der Waals surface area contributed by atoms with E-state index in [1.807, 2.05) is 18.7 Å². The summed E-state index contributed by atoms with van der Waals surface area (Å²) in [6.07, 6.45) is 3.11. The summed E-state index contributed by atoms with van der Waals surface area (Å²) in [6, 6.07) is 6.74. The first kappa shape index (κ1) is 18.7. The van der Waals surface area contributed by atoms with Gasteiger partial charge in [-0.15, -0.1) is 0 Å². The monoisotopic (exact) mass is 355 g/mol. The van der Waals surface area contributed by atoms with E-state index in [1.165, 1.54) is 0 Å². The molecule has 1 aliphatic heterocycles. The predicted octanol–water partition coefficient (Wildman–Crippen LogP) is 2.19. The lowest BCUT2D eigenvalue weighted by Crippen LogP contribution is -2.39. The quantitative estimate of drug-likeness (QED) is 0.701. The lowest BCUT2D eigenvalue weighted by atomic mass is 10.1. The van der Waals surface area contributed by atoms with Crippen molar-refractivity contribution in [1.29, 1.82) is 0 Å². The number of hydrogen-bond donors (Lipinski definition) is 0. The van der Waals surface area contributed by atoms with E-state index in [0.717, 1.165) is 31.3 Å². The fraction of sp³-hybridized carbons (Fsp3) is 0.588. The van der Waals surface area contributed by atoms with Crippen molar-refractivity contribution < 1.29 is 22.1 Å². The second kappa shape index (κ2) is 7.98. The van der Waals surface area contributed by atoms with Gasteiger partial charge in [-0.05, 0) is 30.5 Å². The zero-order valence-corrected chi connectivity index (χ0v) is 15.2. The normalized spacial score (nSPS) is 17.9. The third-order valence-electron chi connectivity index (χ3n) is 3.80. The van der Waals surface area contributed by atoms with Crippen LogP contribution >= 0.6 is 0 Å². The molecule has 0 aliphatic carbocycles. The molecule has 24 heavy (non-hydrogen) atoms. The first-order valence-corrected chi connectivity index (χ1v) is 9.95. The van der Waals surface area contributed by atoms with Gasteiger partial charge in [0.15, 0.2) is 0 Å². The minimum absolute atomic E-state index is 0.0840. The Balaban J connectivity index is 2.06. The van der Waals surface area contributed by atoms with Crippen LogP contribution in [0.15, 0.2) is 24.3 Å². The first-order valence-electron chi connectivity index (χ1n) is 8.13. The average molecular weight is 355 g/mol. The largest absolute Gasteiger partial charge is 0.383 e. The van der Waals surface area contributed by atoms with E-state index in [2.05, 4.69) is 0 Å². The van der Waals surface area contributed by atoms with Gasteiger partial charge in [-0.3, -0.25) is 4.79 Å². The number of rotatable bonds is 7. The summed E-state index contributed by atoms with van der Waals surface area (Å²) in [6.45, 7) is 5.57. The van der Waals surface area contributed by atoms with Gasteiger partial charge in [-0.25, -0.2) is 0 Å². The predicted molar refractivity (Wildman–Crippen MR) is 91.1 cm³/mol. The Labute approximate surface area is 143 Å². The van der Waals surface area contributed by atoms with Gasteiger partial charge in [0.1, 0.15) is 5.75 Å². The Morgan fingerprint density at radius 3 is 2.50 bits per heavy atom. The van der Waals surface area contributed by atoms with Crippen LogP contribution in [-0.4, -0.2) is 44.7 Å². The van der Waals surface area contributed by atoms with E-state index in [4.69, 9.17) is 8.92 Å². The molecule has 1 saturated heterocycles. The highest BCUT2D eigenvalue weighted by molar-refractivity contribution is 7.86. The highest BCUT2D eigenvalue weighted by atomic mass is 32.2. The van der Waals surface area contributed by atoms with Gasteiger partial charge >= 0.3 is 10.1 Å². The summed E-state index contributed by atoms with van der Waals surface area (Å²) in [4.78, 5) is 14.3. The topological polar surface area (TPSA) is 72.9 Å². The molecule has 134 valence electrons. The molecule has 0 unspecified atom stereocenters. The van der Waals surface area contributed by atoms with Crippen molar-refractivity contribution in [3.05, 3.63) is 29.8 Å². The smallest absolute Gasteiger partial charge is 0.306 e. The van der Waals surface area contributed by atoms with Crippen molar-refractivity contribution in [2.24, 2.45) is 5.92 Å². The van der Waals surface area contributed by atoms with E-state index in [1.54, 1.807) is 24.3 Å². The molecule has 0 saturated carbocycles. The van der Waals surface area contributed by atoms with E-state index in [-0.39, 0.29) is 23.7 Å². The molecule has 1 aromatic rings. The fourth-order valence-corrected chi connectivity index (χ4v) is 3.14. The summed E-state index contributed by atoms with van der Waals surface area (Å²) in [5.74, 6) is 0.267. The van der Waals surface area contributed by atoms with Gasteiger partial charge in [0.2, 0.25) is 5.91 Å². The molecular weight excluding hydrogens is 330 g/mol. The molecule has 1 aromatic carbocycles. The zero-order valence-electron chi connectivity index (χ0n) is 14.4. The number of hydrogen-bond acceptors (Lipinski definition) is 5. The molecule has 1 atom stereocenters. The molecule has 2 rings (SSSR count). The van der Waals surface area contributed by atoms with E-state index in [0.29, 0.717) is 13.1 Å². The summed E-state index contributed by atoms with van der Waals surface area (Å²) in [5.41, 5.74) is 0.919. The first-order chi connectivity index (χ1) is 11.2. The highest BCUT2D eigenvalue weighted by Gasteiger charge is 2.24. The van der Waals surface area contributed by atoms with Crippen molar-refractivity contribution in [2.45, 2.75) is 39.3 Å². The highest BCUT2D eigenvalue weighted by Crippen LogP contribution is 2.19. The zero-order chi connectivity index (χ0) is 17.7. The van der Waals surface area contributed by atoms with Crippen molar-refractivity contribution >= 4 is 16.0 Å². The Morgan fingerprint density at radius 1 is 1.33 bits per heavy atom. The van der Waals surface area contributed by atoms with Gasteiger partial charge in [0.05, 0.1) is 12.4 Å². The summed E-state index contributed by atoms with van der Waals surface area (Å²) >= 11 is 0. The molecule has 1 aliphatic rings. The standard InChI is InChI=1S/C17H25NO5S/c1-13(2)17(19)18(12-16-5-4-10-22-16)11-14-6-8-15(9-7-14)23-24(3,20)21/h6-9,13,16H,4-5,10-12H2,1-3H3/t16-/m1/s1. The van der Waals surface area contributed by atoms with Crippen molar-refractivity contribution in [3.63, 3.8) is 0 Å². The van der Waals surface area contributed by atoms with E-state index < -0.39 is 10.1 Å². The van der Waals surface area contributed by atoms with Crippen LogP contribution in [0, 0.1) is 5.92 Å². The third kappa shape index (κ3) is 5.79. The lowest BCUT2D eigenvalue weighted by molar-refractivity contribution is -0.136. The maximum atomic E-state index is 12.5. The molecule has 7 heteroatoms. The number of amides is 1. The van der Waals surface area contributed by atoms with Gasteiger partial charge in [-0.2, -0.15) is 8.42 Å². The summed E-state index contributed by atoms with van der Waals surface area (Å²) < 4.78 is 32.7. The Morgan fingerprint density at radius 2 is 2.00 bits per heavy atom. The minimum atomic E-state index is -3.53. The second-order valence-corrected chi connectivity index (χ2v) is 8.01. The molecule has 0 spiro atoms. The van der Waals surface area contributed by atoms with Crippen LogP contribution in [-0.2, 0) is 26.2 Å². The van der Waals surface area contributed by atoms with Gasteiger partial charge in [-0.1, -0.05) is 26.0 Å². The second-order valence-electron chi connectivity index (χ2n) is 6.44. The Bertz CT molecular complexity index is 648. The van der Waals surface area contributed by atoms with Gasteiger partial charge in [0, 0.05) is 25.6 Å². The lowest BCUT2D eigenvalue weighted by Gasteiger charge is -2.27. The van der Waals surface area contributed by atoms with Crippen LogP contribution < -0.4 is 4.18 Å². The van der Waals surface area contributed by atoms with E-state index in [9.17, 15) is 13.2 Å². The maximum Gasteiger partial charge on any atom is 0.306 e. The van der Waals surface area contributed by atoms with Gasteiger partial charge in [0.25, 0.3) is 0 Å². The van der Waals surface area contributed by atoms with Crippen LogP contribution in [0.5, 0.6) is 5.75 Å². The fourth-order valence-electron chi connectivity index (χ4n) is 2.68. The number of carbonyl (C=O) groups excluding carboxylic acids is 1. The number of ether oxygens (including phenoxy) is 1. The summed E-state index contributed by atoms with van der Waals surface area (Å²) in [7, 11) is -3.53. The molecule has 1 fully saturated rings. The van der Waals surface area contributed by atoms with Crippen LogP contribution in [0.4, 0.5) is 0 Å². The molecular formula is C17H25NO5S. The Hall–Kier alpha value is -1.60. The maximum absolute atomic E-state index is 12.5. The molecule has 0 N–H and O–H groups in total. The van der Waals surface area contributed by atoms with Gasteiger partial charge < -0.3 is 13.8 Å². The molecule has 0 radical (unpaired) electrons. The number of carbonyl (C=O) groups is 1. The molecule has 0 aromatic heterocycles. The van der Waals surface area contributed by atoms with Crippen LogP contribution in [0.2, 0.25) is 0 Å². The number of nitrogens with zero attached hydrogens (tertiary/aromatic N) is 1. The van der Waals surface area contributed by atoms with Crippen molar-refractivity contribution in [3.8, 4) is 5.75 Å². The molecule has 1 amide bonds. The SMILES string of the molecule is CC(C)C(=O)N(Cc1ccc(OS(C)(=O)=O)cc1)C[C@H]1CCCO1. The van der Waals surface area contributed by atoms with Crippen molar-refractivity contribution in [1.82, 2.24) is 4.90 Å².